The van der Waals surface area contributed by atoms with Crippen molar-refractivity contribution in [1.29, 1.82) is 0 Å². The summed E-state index contributed by atoms with van der Waals surface area (Å²) < 4.78 is 27.7. The second kappa shape index (κ2) is 9.44. The Kier molecular flexibility index (Phi) is 7.53. The molecule has 0 spiro atoms. The monoisotopic (exact) mass is 428 g/mol. The number of anilines is 1. The van der Waals surface area contributed by atoms with Gasteiger partial charge < -0.3 is 4.90 Å². The summed E-state index contributed by atoms with van der Waals surface area (Å²) in [5, 5.41) is 0.328. The Morgan fingerprint density at radius 3 is 2.52 bits per heavy atom. The second-order valence-electron chi connectivity index (χ2n) is 6.00. The number of hydrogen-bond acceptors (Lipinski definition) is 3. The lowest BCUT2D eigenvalue weighted by Gasteiger charge is -2.21. The third-order valence-corrected chi connectivity index (χ3v) is 6.09. The molecule has 27 heavy (non-hydrogen) atoms. The zero-order valence-electron chi connectivity index (χ0n) is 15.2. The molecule has 8 heteroatoms. The Morgan fingerprint density at radius 2 is 1.85 bits per heavy atom. The standard InChI is InChI=1S/C19H22Cl2N2O3S/c1-3-5-11-23(4-2)19(24)14-7-6-8-16(12-14)22-27(25,26)18-13-15(20)9-10-17(18)21/h6-10,12-13,22H,3-5,11H2,1-2H3. The average molecular weight is 429 g/mol. The highest BCUT2D eigenvalue weighted by Gasteiger charge is 2.20. The number of amides is 1. The molecule has 0 heterocycles. The predicted molar refractivity (Wildman–Crippen MR) is 110 cm³/mol. The topological polar surface area (TPSA) is 66.5 Å². The van der Waals surface area contributed by atoms with Gasteiger partial charge in [0.15, 0.2) is 0 Å². The molecule has 5 nitrogen and oxygen atoms in total. The van der Waals surface area contributed by atoms with Gasteiger partial charge in [-0.25, -0.2) is 8.42 Å². The van der Waals surface area contributed by atoms with E-state index in [0.29, 0.717) is 18.7 Å². The molecule has 0 atom stereocenters. The summed E-state index contributed by atoms with van der Waals surface area (Å²) >= 11 is 11.9. The van der Waals surface area contributed by atoms with Crippen molar-refractivity contribution in [2.75, 3.05) is 17.8 Å². The van der Waals surface area contributed by atoms with Crippen molar-refractivity contribution in [3.8, 4) is 0 Å². The Morgan fingerprint density at radius 1 is 1.11 bits per heavy atom. The van der Waals surface area contributed by atoms with Crippen LogP contribution >= 0.6 is 23.2 Å². The van der Waals surface area contributed by atoms with E-state index in [1.54, 1.807) is 23.1 Å². The fourth-order valence-electron chi connectivity index (χ4n) is 2.54. The highest BCUT2D eigenvalue weighted by atomic mass is 35.5. The van der Waals surface area contributed by atoms with E-state index in [-0.39, 0.29) is 26.5 Å². The average Bonchev–Trinajstić information content (AvgIpc) is 2.64. The maximum absolute atomic E-state index is 12.7. The van der Waals surface area contributed by atoms with Gasteiger partial charge in [0, 0.05) is 29.4 Å². The molecule has 0 unspecified atom stereocenters. The van der Waals surface area contributed by atoms with Gasteiger partial charge in [0.1, 0.15) is 4.90 Å². The van der Waals surface area contributed by atoms with Gasteiger partial charge in [-0.05, 0) is 49.7 Å². The number of nitrogens with one attached hydrogen (secondary N) is 1. The van der Waals surface area contributed by atoms with Crippen molar-refractivity contribution in [2.24, 2.45) is 0 Å². The van der Waals surface area contributed by atoms with Gasteiger partial charge in [-0.2, -0.15) is 0 Å². The Balaban J connectivity index is 2.27. The summed E-state index contributed by atoms with van der Waals surface area (Å²) in [7, 11) is -3.94. The quantitative estimate of drug-likeness (QED) is 0.638. The van der Waals surface area contributed by atoms with Crippen LogP contribution in [-0.2, 0) is 10.0 Å². The minimum atomic E-state index is -3.94. The summed E-state index contributed by atoms with van der Waals surface area (Å²) in [5.41, 5.74) is 0.703. The molecule has 0 bridgehead atoms. The van der Waals surface area contributed by atoms with Crippen LogP contribution in [0, 0.1) is 0 Å². The molecular weight excluding hydrogens is 407 g/mol. The molecule has 0 saturated carbocycles. The van der Waals surface area contributed by atoms with Crippen LogP contribution in [0.25, 0.3) is 0 Å². The van der Waals surface area contributed by atoms with Crippen molar-refractivity contribution >= 4 is 44.8 Å². The molecule has 0 fully saturated rings. The molecule has 0 aliphatic heterocycles. The van der Waals surface area contributed by atoms with E-state index in [9.17, 15) is 13.2 Å². The number of benzene rings is 2. The normalized spacial score (nSPS) is 11.3. The van der Waals surface area contributed by atoms with Crippen LogP contribution in [-0.4, -0.2) is 32.3 Å². The smallest absolute Gasteiger partial charge is 0.263 e. The van der Waals surface area contributed by atoms with Gasteiger partial charge in [-0.1, -0.05) is 42.6 Å². The van der Waals surface area contributed by atoms with E-state index in [1.807, 2.05) is 6.92 Å². The maximum Gasteiger partial charge on any atom is 0.263 e. The SMILES string of the molecule is CCCCN(CC)C(=O)c1cccc(NS(=O)(=O)c2cc(Cl)ccc2Cl)c1. The Bertz CT molecular complexity index is 917. The largest absolute Gasteiger partial charge is 0.339 e. The van der Waals surface area contributed by atoms with Crippen molar-refractivity contribution in [3.63, 3.8) is 0 Å². The second-order valence-corrected chi connectivity index (χ2v) is 8.49. The summed E-state index contributed by atoms with van der Waals surface area (Å²) in [6.45, 7) is 5.24. The van der Waals surface area contributed by atoms with Crippen LogP contribution < -0.4 is 4.72 Å². The van der Waals surface area contributed by atoms with E-state index in [0.717, 1.165) is 12.8 Å². The zero-order valence-corrected chi connectivity index (χ0v) is 17.5. The number of nitrogens with zero attached hydrogens (tertiary/aromatic N) is 1. The lowest BCUT2D eigenvalue weighted by atomic mass is 10.1. The molecule has 146 valence electrons. The molecule has 1 N–H and O–H groups in total. The van der Waals surface area contributed by atoms with Gasteiger partial charge in [-0.3, -0.25) is 9.52 Å². The van der Waals surface area contributed by atoms with Crippen LogP contribution in [0.15, 0.2) is 47.4 Å². The van der Waals surface area contributed by atoms with E-state index >= 15 is 0 Å². The van der Waals surface area contributed by atoms with Crippen molar-refractivity contribution < 1.29 is 13.2 Å². The van der Waals surface area contributed by atoms with E-state index in [4.69, 9.17) is 23.2 Å². The lowest BCUT2D eigenvalue weighted by molar-refractivity contribution is 0.0762. The maximum atomic E-state index is 12.7. The fraction of sp³-hybridized carbons (Fsp3) is 0.316. The van der Waals surface area contributed by atoms with Gasteiger partial charge in [-0.15, -0.1) is 0 Å². The highest BCUT2D eigenvalue weighted by molar-refractivity contribution is 7.92. The van der Waals surface area contributed by atoms with Gasteiger partial charge in [0.25, 0.3) is 15.9 Å². The van der Waals surface area contributed by atoms with Gasteiger partial charge in [0.05, 0.1) is 5.02 Å². The minimum Gasteiger partial charge on any atom is -0.339 e. The summed E-state index contributed by atoms with van der Waals surface area (Å²) in [4.78, 5) is 14.3. The first kappa shape index (κ1) is 21.5. The van der Waals surface area contributed by atoms with Crippen LogP contribution in [0.3, 0.4) is 0 Å². The molecule has 2 aromatic carbocycles. The van der Waals surface area contributed by atoms with Crippen LogP contribution in [0.2, 0.25) is 10.0 Å². The number of carbonyl (C=O) groups is 1. The number of sulfonamides is 1. The van der Waals surface area contributed by atoms with Gasteiger partial charge >= 0.3 is 0 Å². The first-order valence-corrected chi connectivity index (χ1v) is 10.9. The van der Waals surface area contributed by atoms with Gasteiger partial charge in [0.2, 0.25) is 0 Å². The minimum absolute atomic E-state index is 0.0656. The summed E-state index contributed by atoms with van der Waals surface area (Å²) in [6.07, 6.45) is 1.91. The highest BCUT2D eigenvalue weighted by Crippen LogP contribution is 2.27. The molecule has 2 aromatic rings. The van der Waals surface area contributed by atoms with E-state index < -0.39 is 10.0 Å². The third-order valence-electron chi connectivity index (χ3n) is 4.00. The molecule has 0 saturated heterocycles. The first-order chi connectivity index (χ1) is 12.8. The number of hydrogen-bond donors (Lipinski definition) is 1. The molecular formula is C19H22Cl2N2O3S. The molecule has 0 aliphatic rings. The summed E-state index contributed by atoms with van der Waals surface area (Å²) in [6, 6.07) is 10.6. The predicted octanol–water partition coefficient (Wildman–Crippen LogP) is 5.06. The summed E-state index contributed by atoms with van der Waals surface area (Å²) in [5.74, 6) is -0.132. The number of rotatable bonds is 8. The molecule has 0 radical (unpaired) electrons. The zero-order chi connectivity index (χ0) is 20.0. The van der Waals surface area contributed by atoms with Crippen LogP contribution in [0.1, 0.15) is 37.0 Å². The van der Waals surface area contributed by atoms with Crippen molar-refractivity contribution in [1.82, 2.24) is 4.90 Å². The third kappa shape index (κ3) is 5.61. The molecule has 2 rings (SSSR count). The Labute approximate surface area is 170 Å². The Hall–Kier alpha value is -1.76. The van der Waals surface area contributed by atoms with Crippen LogP contribution in [0.5, 0.6) is 0 Å². The van der Waals surface area contributed by atoms with Crippen LogP contribution in [0.4, 0.5) is 5.69 Å². The number of halogens is 2. The first-order valence-electron chi connectivity index (χ1n) is 8.65. The number of unbranched alkanes of at least 4 members (excludes halogenated alkanes) is 1. The molecule has 0 aromatic heterocycles. The van der Waals surface area contributed by atoms with Crippen molar-refractivity contribution in [2.45, 2.75) is 31.6 Å². The molecule has 1 amide bonds. The lowest BCUT2D eigenvalue weighted by Crippen LogP contribution is -2.31. The molecule has 0 aliphatic carbocycles. The van der Waals surface area contributed by atoms with E-state index in [1.165, 1.54) is 24.3 Å². The van der Waals surface area contributed by atoms with E-state index in [2.05, 4.69) is 11.6 Å². The number of carbonyl (C=O) groups excluding carboxylic acids is 1. The van der Waals surface area contributed by atoms with Crippen molar-refractivity contribution in [3.05, 3.63) is 58.1 Å². The fourth-order valence-corrected chi connectivity index (χ4v) is 4.36.